The Balaban J connectivity index is 1.88. The third-order valence-corrected chi connectivity index (χ3v) is 6.27. The number of aryl methyl sites for hydroxylation is 3. The van der Waals surface area contributed by atoms with Gasteiger partial charge in [0.05, 0.1) is 11.1 Å². The van der Waals surface area contributed by atoms with Crippen LogP contribution in [-0.2, 0) is 17.8 Å². The molecule has 0 aromatic heterocycles. The van der Waals surface area contributed by atoms with Gasteiger partial charge in [-0.15, -0.1) is 0 Å². The molecule has 1 amide bonds. The lowest BCUT2D eigenvalue weighted by molar-refractivity contribution is -0.136. The van der Waals surface area contributed by atoms with Crippen molar-refractivity contribution in [3.8, 4) is 5.75 Å². The van der Waals surface area contributed by atoms with E-state index in [0.29, 0.717) is 28.4 Å². The second-order valence-electron chi connectivity index (χ2n) is 9.83. The second-order valence-corrected chi connectivity index (χ2v) is 10.2. The minimum absolute atomic E-state index is 0.00719. The van der Waals surface area contributed by atoms with Crippen LogP contribution in [0.1, 0.15) is 70.9 Å². The summed E-state index contributed by atoms with van der Waals surface area (Å²) < 4.78 is 19.3. The van der Waals surface area contributed by atoms with Crippen molar-refractivity contribution >= 4 is 23.5 Å². The van der Waals surface area contributed by atoms with Crippen LogP contribution >= 0.6 is 11.6 Å². The topological polar surface area (TPSA) is 75.6 Å². The number of halogens is 2. The largest absolute Gasteiger partial charge is 0.489 e. The Morgan fingerprint density at radius 3 is 2.35 bits per heavy atom. The molecular weight excluding hydrogens is 493 g/mol. The summed E-state index contributed by atoms with van der Waals surface area (Å²) in [7, 11) is 0. The van der Waals surface area contributed by atoms with Gasteiger partial charge in [-0.2, -0.15) is 0 Å². The second kappa shape index (κ2) is 12.7. The molecular formula is C30H33ClFNO4. The number of benzene rings is 3. The maximum Gasteiger partial charge on any atom is 0.303 e. The number of hydrogen-bond acceptors (Lipinski definition) is 3. The van der Waals surface area contributed by atoms with Gasteiger partial charge in [-0.3, -0.25) is 9.59 Å². The SMILES string of the molecule is Cc1cc(C)cc(C(CC(C)C)NC(=O)c2cc(OCc3ccc(F)c(Cl)c3)ccc2CCC(=O)O)c1. The van der Waals surface area contributed by atoms with Gasteiger partial charge in [0.2, 0.25) is 0 Å². The first-order valence-electron chi connectivity index (χ1n) is 12.3. The van der Waals surface area contributed by atoms with Crippen molar-refractivity contribution in [2.45, 2.75) is 59.6 Å². The van der Waals surface area contributed by atoms with E-state index < -0.39 is 11.8 Å². The molecule has 0 radical (unpaired) electrons. The highest BCUT2D eigenvalue weighted by molar-refractivity contribution is 6.30. The zero-order valence-electron chi connectivity index (χ0n) is 21.6. The van der Waals surface area contributed by atoms with Crippen LogP contribution in [0.25, 0.3) is 0 Å². The molecule has 0 fully saturated rings. The van der Waals surface area contributed by atoms with Gasteiger partial charge >= 0.3 is 5.97 Å². The molecule has 0 bridgehead atoms. The summed E-state index contributed by atoms with van der Waals surface area (Å²) in [5, 5.41) is 12.4. The Morgan fingerprint density at radius 1 is 1.03 bits per heavy atom. The maximum absolute atomic E-state index is 13.6. The Morgan fingerprint density at radius 2 is 1.73 bits per heavy atom. The third kappa shape index (κ3) is 8.32. The fraction of sp³-hybridized carbons (Fsp3) is 0.333. The standard InChI is InChI=1S/C30H33ClFNO4/c1-18(2)11-28(23-13-19(3)12-20(4)14-23)33-30(36)25-16-24(8-6-22(25)7-10-29(34)35)37-17-21-5-9-27(32)26(31)15-21/h5-6,8-9,12-16,18,28H,7,10-11,17H2,1-4H3,(H,33,36)(H,34,35). The molecule has 0 heterocycles. The van der Waals surface area contributed by atoms with Gasteiger partial charge in [-0.05, 0) is 73.6 Å². The number of hydrogen-bond donors (Lipinski definition) is 2. The average molecular weight is 526 g/mol. The van der Waals surface area contributed by atoms with Crippen molar-refractivity contribution in [2.75, 3.05) is 0 Å². The molecule has 0 aliphatic carbocycles. The Bertz CT molecular complexity index is 1250. The first kappa shape index (κ1) is 28.2. The normalized spacial score (nSPS) is 11.9. The summed E-state index contributed by atoms with van der Waals surface area (Å²) in [6.07, 6.45) is 0.867. The monoisotopic (exact) mass is 525 g/mol. The van der Waals surface area contributed by atoms with E-state index in [1.165, 1.54) is 12.1 Å². The van der Waals surface area contributed by atoms with Crippen molar-refractivity contribution in [1.29, 1.82) is 0 Å². The average Bonchev–Trinajstić information content (AvgIpc) is 2.82. The van der Waals surface area contributed by atoms with Crippen LogP contribution < -0.4 is 10.1 Å². The van der Waals surface area contributed by atoms with Crippen LogP contribution in [0.5, 0.6) is 5.75 Å². The molecule has 1 unspecified atom stereocenters. The molecule has 1 atom stereocenters. The Labute approximate surface area is 222 Å². The van der Waals surface area contributed by atoms with Gasteiger partial charge in [0.15, 0.2) is 0 Å². The molecule has 0 aliphatic rings. The Hall–Kier alpha value is -3.38. The van der Waals surface area contributed by atoms with E-state index in [2.05, 4.69) is 37.4 Å². The molecule has 3 aromatic carbocycles. The number of rotatable bonds is 11. The summed E-state index contributed by atoms with van der Waals surface area (Å²) in [6.45, 7) is 8.41. The molecule has 37 heavy (non-hydrogen) atoms. The predicted molar refractivity (Wildman–Crippen MR) is 144 cm³/mol. The number of aliphatic carboxylic acids is 1. The van der Waals surface area contributed by atoms with Gasteiger partial charge < -0.3 is 15.2 Å². The minimum Gasteiger partial charge on any atom is -0.489 e. The van der Waals surface area contributed by atoms with Crippen molar-refractivity contribution < 1.29 is 23.8 Å². The van der Waals surface area contributed by atoms with E-state index >= 15 is 0 Å². The Kier molecular flexibility index (Phi) is 9.70. The fourth-order valence-corrected chi connectivity index (χ4v) is 4.51. The van der Waals surface area contributed by atoms with Crippen LogP contribution in [0.15, 0.2) is 54.6 Å². The highest BCUT2D eigenvalue weighted by Gasteiger charge is 2.21. The molecule has 0 saturated heterocycles. The van der Waals surface area contributed by atoms with Crippen molar-refractivity contribution in [2.24, 2.45) is 5.92 Å². The smallest absolute Gasteiger partial charge is 0.303 e. The number of amides is 1. The minimum atomic E-state index is -0.937. The number of carbonyl (C=O) groups excluding carboxylic acids is 1. The lowest BCUT2D eigenvalue weighted by Crippen LogP contribution is -2.30. The van der Waals surface area contributed by atoms with Gasteiger partial charge in [0, 0.05) is 12.0 Å². The van der Waals surface area contributed by atoms with Gasteiger partial charge in [-0.1, -0.05) is 66.9 Å². The zero-order chi connectivity index (χ0) is 27.1. The summed E-state index contributed by atoms with van der Waals surface area (Å²) in [6, 6.07) is 15.5. The summed E-state index contributed by atoms with van der Waals surface area (Å²) in [4.78, 5) is 24.8. The van der Waals surface area contributed by atoms with Crippen LogP contribution in [0.3, 0.4) is 0 Å². The van der Waals surface area contributed by atoms with Gasteiger partial charge in [0.1, 0.15) is 18.2 Å². The zero-order valence-corrected chi connectivity index (χ0v) is 22.4. The van der Waals surface area contributed by atoms with Crippen LogP contribution in [0.2, 0.25) is 5.02 Å². The van der Waals surface area contributed by atoms with E-state index in [4.69, 9.17) is 16.3 Å². The molecule has 2 N–H and O–H groups in total. The van der Waals surface area contributed by atoms with Gasteiger partial charge in [0.25, 0.3) is 5.91 Å². The van der Waals surface area contributed by atoms with Crippen molar-refractivity contribution in [1.82, 2.24) is 5.32 Å². The molecule has 3 aromatic rings. The first-order valence-corrected chi connectivity index (χ1v) is 12.7. The number of ether oxygens (including phenoxy) is 1. The highest BCUT2D eigenvalue weighted by Crippen LogP contribution is 2.26. The highest BCUT2D eigenvalue weighted by atomic mass is 35.5. The fourth-order valence-electron chi connectivity index (χ4n) is 4.31. The summed E-state index contributed by atoms with van der Waals surface area (Å²) in [5.74, 6) is -0.952. The maximum atomic E-state index is 13.6. The number of carboxylic acids is 1. The van der Waals surface area contributed by atoms with Crippen LogP contribution in [0, 0.1) is 25.6 Å². The molecule has 0 aliphatic heterocycles. The number of nitrogens with one attached hydrogen (secondary N) is 1. The number of carboxylic acid groups (broad SMARTS) is 1. The molecule has 7 heteroatoms. The lowest BCUT2D eigenvalue weighted by atomic mass is 9.93. The third-order valence-electron chi connectivity index (χ3n) is 5.98. The van der Waals surface area contributed by atoms with E-state index in [1.807, 2.05) is 13.8 Å². The molecule has 3 rings (SSSR count). The van der Waals surface area contributed by atoms with E-state index in [0.717, 1.165) is 23.1 Å². The lowest BCUT2D eigenvalue weighted by Gasteiger charge is -2.23. The molecule has 0 saturated carbocycles. The molecule has 196 valence electrons. The van der Waals surface area contributed by atoms with Gasteiger partial charge in [-0.25, -0.2) is 4.39 Å². The van der Waals surface area contributed by atoms with Crippen LogP contribution in [-0.4, -0.2) is 17.0 Å². The van der Waals surface area contributed by atoms with Crippen LogP contribution in [0.4, 0.5) is 4.39 Å². The van der Waals surface area contributed by atoms with Crippen molar-refractivity contribution in [3.05, 3.63) is 98.8 Å². The van der Waals surface area contributed by atoms with E-state index in [1.54, 1.807) is 24.3 Å². The van der Waals surface area contributed by atoms with E-state index in [9.17, 15) is 19.1 Å². The summed E-state index contributed by atoms with van der Waals surface area (Å²) >= 11 is 5.87. The summed E-state index contributed by atoms with van der Waals surface area (Å²) in [5.41, 5.74) is 4.95. The van der Waals surface area contributed by atoms with Crippen molar-refractivity contribution in [3.63, 3.8) is 0 Å². The first-order chi connectivity index (χ1) is 17.5. The van der Waals surface area contributed by atoms with E-state index in [-0.39, 0.29) is 36.4 Å². The number of carbonyl (C=O) groups is 2. The quantitative estimate of drug-likeness (QED) is 0.277. The predicted octanol–water partition coefficient (Wildman–Crippen LogP) is 7.21. The molecule has 0 spiro atoms. The molecule has 5 nitrogen and oxygen atoms in total.